The molecule has 1 aromatic carbocycles. The zero-order chi connectivity index (χ0) is 22.4. The van der Waals surface area contributed by atoms with E-state index in [1.165, 1.54) is 24.3 Å². The Morgan fingerprint density at radius 2 is 1.68 bits per heavy atom. The van der Waals surface area contributed by atoms with E-state index in [1.54, 1.807) is 4.90 Å². The minimum atomic E-state index is -4.85. The summed E-state index contributed by atoms with van der Waals surface area (Å²) in [5.74, 6) is -1.46. The maximum absolute atomic E-state index is 13.1. The number of ether oxygens (including phenoxy) is 1. The highest BCUT2D eigenvalue weighted by Crippen LogP contribution is 2.36. The van der Waals surface area contributed by atoms with Gasteiger partial charge < -0.3 is 14.7 Å². The molecule has 166 valence electrons. The van der Waals surface area contributed by atoms with Crippen molar-refractivity contribution >= 4 is 11.5 Å². The summed E-state index contributed by atoms with van der Waals surface area (Å²) in [6.45, 7) is 0.422. The van der Waals surface area contributed by atoms with Gasteiger partial charge in [-0.3, -0.25) is 0 Å². The minimum Gasteiger partial charge on any atom is -0.406 e. The number of benzene rings is 1. The van der Waals surface area contributed by atoms with Crippen LogP contribution in [0.1, 0.15) is 24.2 Å². The fourth-order valence-corrected chi connectivity index (χ4v) is 3.50. The third kappa shape index (κ3) is 4.36. The Balaban J connectivity index is 1.53. The van der Waals surface area contributed by atoms with Gasteiger partial charge in [-0.1, -0.05) is 12.1 Å². The number of nitrogens with zero attached hydrogens (tertiary/aromatic N) is 5. The number of fused-ring (bicyclic) bond motifs is 1. The van der Waals surface area contributed by atoms with Crippen molar-refractivity contribution in [3.63, 3.8) is 0 Å². The maximum Gasteiger partial charge on any atom is 0.573 e. The van der Waals surface area contributed by atoms with Gasteiger partial charge in [0.05, 0.1) is 5.60 Å². The van der Waals surface area contributed by atoms with Crippen molar-refractivity contribution in [3.8, 4) is 5.75 Å². The number of hydrogen-bond donors (Lipinski definition) is 1. The van der Waals surface area contributed by atoms with Crippen molar-refractivity contribution in [2.24, 2.45) is 0 Å². The summed E-state index contributed by atoms with van der Waals surface area (Å²) in [7, 11) is 0. The summed E-state index contributed by atoms with van der Waals surface area (Å²) in [5.41, 5.74) is -1.22. The Morgan fingerprint density at radius 3 is 2.32 bits per heavy atom. The van der Waals surface area contributed by atoms with E-state index < -0.39 is 29.7 Å². The average Bonchev–Trinajstić information content (AvgIpc) is 3.11. The van der Waals surface area contributed by atoms with Crippen LogP contribution in [0.4, 0.5) is 32.2 Å². The average molecular weight is 447 g/mol. The second-order valence-corrected chi connectivity index (χ2v) is 7.08. The molecule has 1 fully saturated rings. The molecule has 0 radical (unpaired) electrons. The summed E-state index contributed by atoms with van der Waals surface area (Å²) >= 11 is 0. The van der Waals surface area contributed by atoms with Crippen LogP contribution >= 0.6 is 0 Å². The number of aliphatic hydroxyl groups is 1. The summed E-state index contributed by atoms with van der Waals surface area (Å²) in [5, 5.41) is 21.5. The first kappa shape index (κ1) is 21.2. The summed E-state index contributed by atoms with van der Waals surface area (Å²) in [6, 6.07) is 7.94. The van der Waals surface area contributed by atoms with Gasteiger partial charge in [0.15, 0.2) is 5.65 Å². The molecule has 0 saturated carbocycles. The Morgan fingerprint density at radius 1 is 0.968 bits per heavy atom. The summed E-state index contributed by atoms with van der Waals surface area (Å²) < 4.78 is 81.1. The van der Waals surface area contributed by atoms with Crippen LogP contribution in [-0.4, -0.2) is 44.4 Å². The number of halogens is 6. The van der Waals surface area contributed by atoms with E-state index >= 15 is 0 Å². The Labute approximate surface area is 170 Å². The zero-order valence-electron chi connectivity index (χ0n) is 15.7. The predicted octanol–water partition coefficient (Wildman–Crippen LogP) is 3.53. The van der Waals surface area contributed by atoms with Gasteiger partial charge in [0.2, 0.25) is 0 Å². The summed E-state index contributed by atoms with van der Waals surface area (Å²) in [6.07, 6.45) is -9.34. The van der Waals surface area contributed by atoms with Crippen LogP contribution in [0.5, 0.6) is 5.75 Å². The summed E-state index contributed by atoms with van der Waals surface area (Å²) in [4.78, 5) is 1.67. The standard InChI is InChI=1S/C18H15F6N5O2/c19-17(20,21)15-26-25-13-4-5-14(27-29(13)15)28-8-6-16(30,7-9-28)11-2-1-3-12(10-11)31-18(22,23)24/h1-5,10,30H,6-9H2. The van der Waals surface area contributed by atoms with Gasteiger partial charge in [-0.15, -0.1) is 28.5 Å². The molecule has 31 heavy (non-hydrogen) atoms. The van der Waals surface area contributed by atoms with E-state index in [-0.39, 0.29) is 43.0 Å². The molecule has 0 atom stereocenters. The van der Waals surface area contributed by atoms with Crippen LogP contribution in [0, 0.1) is 0 Å². The topological polar surface area (TPSA) is 75.8 Å². The molecule has 1 saturated heterocycles. The lowest BCUT2D eigenvalue weighted by molar-refractivity contribution is -0.274. The SMILES string of the molecule is OC1(c2cccc(OC(F)(F)F)c2)CCN(c2ccc3nnc(C(F)(F)F)n3n2)CC1. The number of alkyl halides is 6. The molecular weight excluding hydrogens is 432 g/mol. The zero-order valence-corrected chi connectivity index (χ0v) is 15.7. The number of hydrogen-bond acceptors (Lipinski definition) is 6. The van der Waals surface area contributed by atoms with Crippen LogP contribution in [-0.2, 0) is 11.8 Å². The Kier molecular flexibility index (Phi) is 4.95. The lowest BCUT2D eigenvalue weighted by Gasteiger charge is -2.39. The molecule has 13 heteroatoms. The molecule has 7 nitrogen and oxygen atoms in total. The fourth-order valence-electron chi connectivity index (χ4n) is 3.50. The lowest BCUT2D eigenvalue weighted by Crippen LogP contribution is -2.43. The molecule has 1 aliphatic rings. The second-order valence-electron chi connectivity index (χ2n) is 7.08. The molecule has 2 aromatic heterocycles. The first-order chi connectivity index (χ1) is 14.4. The molecule has 0 aliphatic carbocycles. The van der Waals surface area contributed by atoms with Gasteiger partial charge >= 0.3 is 12.5 Å². The highest BCUT2D eigenvalue weighted by atomic mass is 19.4. The Hall–Kier alpha value is -3.09. The van der Waals surface area contributed by atoms with E-state index in [4.69, 9.17) is 0 Å². The number of aromatic nitrogens is 4. The van der Waals surface area contributed by atoms with Crippen LogP contribution < -0.4 is 9.64 Å². The van der Waals surface area contributed by atoms with E-state index in [9.17, 15) is 31.4 Å². The van der Waals surface area contributed by atoms with Crippen LogP contribution in [0.3, 0.4) is 0 Å². The quantitative estimate of drug-likeness (QED) is 0.620. The third-order valence-corrected chi connectivity index (χ3v) is 5.02. The van der Waals surface area contributed by atoms with Gasteiger partial charge in [-0.25, -0.2) is 0 Å². The van der Waals surface area contributed by atoms with Gasteiger partial charge in [0, 0.05) is 13.1 Å². The largest absolute Gasteiger partial charge is 0.573 e. The van der Waals surface area contributed by atoms with Crippen molar-refractivity contribution in [2.75, 3.05) is 18.0 Å². The second kappa shape index (κ2) is 7.25. The molecule has 0 amide bonds. The smallest absolute Gasteiger partial charge is 0.406 e. The highest BCUT2D eigenvalue weighted by Gasteiger charge is 2.39. The Bertz CT molecular complexity index is 1090. The predicted molar refractivity (Wildman–Crippen MR) is 94.3 cm³/mol. The van der Waals surface area contributed by atoms with Crippen molar-refractivity contribution in [2.45, 2.75) is 31.0 Å². The monoisotopic (exact) mass is 447 g/mol. The van der Waals surface area contributed by atoms with Gasteiger partial charge in [-0.05, 0) is 42.7 Å². The van der Waals surface area contributed by atoms with Crippen LogP contribution in [0.2, 0.25) is 0 Å². The number of piperidine rings is 1. The molecular formula is C18H15F6N5O2. The molecule has 0 unspecified atom stereocenters. The third-order valence-electron chi connectivity index (χ3n) is 5.02. The molecule has 1 N–H and O–H groups in total. The number of anilines is 1. The highest BCUT2D eigenvalue weighted by molar-refractivity contribution is 5.47. The van der Waals surface area contributed by atoms with Crippen LogP contribution in [0.15, 0.2) is 36.4 Å². The van der Waals surface area contributed by atoms with Gasteiger partial charge in [0.1, 0.15) is 11.6 Å². The molecule has 0 spiro atoms. The van der Waals surface area contributed by atoms with Gasteiger partial charge in [0.25, 0.3) is 5.82 Å². The molecule has 0 bridgehead atoms. The van der Waals surface area contributed by atoms with Crippen molar-refractivity contribution in [1.82, 2.24) is 19.8 Å². The number of rotatable bonds is 3. The van der Waals surface area contributed by atoms with E-state index in [0.717, 1.165) is 12.1 Å². The van der Waals surface area contributed by atoms with Crippen molar-refractivity contribution < 1.29 is 36.2 Å². The van der Waals surface area contributed by atoms with E-state index in [1.807, 2.05) is 0 Å². The van der Waals surface area contributed by atoms with Crippen molar-refractivity contribution in [3.05, 3.63) is 47.8 Å². The van der Waals surface area contributed by atoms with Crippen LogP contribution in [0.25, 0.3) is 5.65 Å². The van der Waals surface area contributed by atoms with E-state index in [2.05, 4.69) is 20.0 Å². The molecule has 3 aromatic rings. The fraction of sp³-hybridized carbons (Fsp3) is 0.389. The normalized spacial score (nSPS) is 17.2. The first-order valence-corrected chi connectivity index (χ1v) is 9.08. The minimum absolute atomic E-state index is 0.0638. The molecule has 3 heterocycles. The van der Waals surface area contributed by atoms with E-state index in [0.29, 0.717) is 4.52 Å². The molecule has 1 aliphatic heterocycles. The molecule has 4 rings (SSSR count). The lowest BCUT2D eigenvalue weighted by atomic mass is 9.84. The maximum atomic E-state index is 13.1. The first-order valence-electron chi connectivity index (χ1n) is 9.08. The van der Waals surface area contributed by atoms with Crippen molar-refractivity contribution in [1.29, 1.82) is 0 Å². The van der Waals surface area contributed by atoms with Gasteiger partial charge in [-0.2, -0.15) is 17.7 Å².